The fourth-order valence-corrected chi connectivity index (χ4v) is 10.2. The van der Waals surface area contributed by atoms with Crippen molar-refractivity contribution in [2.45, 2.75) is 0 Å². The predicted octanol–water partition coefficient (Wildman–Crippen LogP) is 16.7. The summed E-state index contributed by atoms with van der Waals surface area (Å²) >= 11 is 0. The number of para-hydroxylation sites is 4. The molecule has 12 aromatic rings. The highest BCUT2D eigenvalue weighted by atomic mass is 16.3. The van der Waals surface area contributed by atoms with Gasteiger partial charge in [0.05, 0.1) is 11.0 Å². The van der Waals surface area contributed by atoms with Crippen molar-refractivity contribution in [3.63, 3.8) is 0 Å². The molecule has 0 aliphatic heterocycles. The van der Waals surface area contributed by atoms with E-state index in [-0.39, 0.29) is 0 Å². The molecular formula is C60H37NO. The molecule has 2 nitrogen and oxygen atoms in total. The number of nitrogens with zero attached hydrogens (tertiary/aromatic N) is 1. The van der Waals surface area contributed by atoms with Crippen LogP contribution in [-0.2, 0) is 0 Å². The zero-order valence-electron chi connectivity index (χ0n) is 33.7. The van der Waals surface area contributed by atoms with Gasteiger partial charge in [0, 0.05) is 32.8 Å². The van der Waals surface area contributed by atoms with E-state index >= 15 is 0 Å². The van der Waals surface area contributed by atoms with Crippen LogP contribution in [0.15, 0.2) is 229 Å². The van der Waals surface area contributed by atoms with Crippen LogP contribution in [0.25, 0.3) is 127 Å². The molecule has 0 amide bonds. The molecule has 1 aliphatic rings. The Balaban J connectivity index is 1.10. The van der Waals surface area contributed by atoms with Crippen molar-refractivity contribution in [2.75, 3.05) is 0 Å². The number of rotatable bonds is 4. The van der Waals surface area contributed by atoms with Gasteiger partial charge in [0.25, 0.3) is 0 Å². The SMILES string of the molecule is c1ccc(-n2c3ccccc3c3cc(-c4cc(-c5cccc6c5-c5ccccc5-c5ccccc5-c5ccccc5-6)cc(-c5cccc6c5oc5ccccc56)c4)ccc32)cc1. The Morgan fingerprint density at radius 1 is 0.274 bits per heavy atom. The molecule has 0 spiro atoms. The van der Waals surface area contributed by atoms with Crippen molar-refractivity contribution in [1.82, 2.24) is 4.57 Å². The fraction of sp³-hybridized carbons (Fsp3) is 0. The number of hydrogen-bond donors (Lipinski definition) is 0. The average Bonchev–Trinajstić information content (AvgIpc) is 3.89. The molecule has 0 N–H and O–H groups in total. The van der Waals surface area contributed by atoms with Crippen molar-refractivity contribution in [3.05, 3.63) is 224 Å². The van der Waals surface area contributed by atoms with Crippen LogP contribution >= 0.6 is 0 Å². The molecule has 10 aromatic carbocycles. The lowest BCUT2D eigenvalue weighted by molar-refractivity contribution is 0.670. The Morgan fingerprint density at radius 3 is 1.53 bits per heavy atom. The standard InChI is InChI=1S/C60H37NO/c1-2-16-42(17-3-1)61-56-30-12-10-23-50(56)55-37-38(32-33-57(55)61)39-34-40(36-41(35-39)44-27-15-29-54-51-24-11-13-31-58(51)62-60(44)54)43-26-14-28-53-49-21-7-6-20-47(49)45-18-4-5-19-46(45)48-22-8-9-25-52(48)59(43)53/h1-37H. The first-order valence-corrected chi connectivity index (χ1v) is 21.3. The number of furan rings is 1. The maximum atomic E-state index is 6.72. The van der Waals surface area contributed by atoms with Gasteiger partial charge in [-0.1, -0.05) is 170 Å². The molecule has 2 heteroatoms. The highest BCUT2D eigenvalue weighted by molar-refractivity contribution is 6.13. The summed E-state index contributed by atoms with van der Waals surface area (Å²) < 4.78 is 9.10. The van der Waals surface area contributed by atoms with E-state index < -0.39 is 0 Å². The molecule has 0 radical (unpaired) electrons. The summed E-state index contributed by atoms with van der Waals surface area (Å²) in [6.45, 7) is 0. The summed E-state index contributed by atoms with van der Waals surface area (Å²) in [4.78, 5) is 0. The van der Waals surface area contributed by atoms with E-state index in [1.54, 1.807) is 0 Å². The third-order valence-corrected chi connectivity index (χ3v) is 13.0. The van der Waals surface area contributed by atoms with Gasteiger partial charge in [-0.05, 0) is 127 Å². The van der Waals surface area contributed by atoms with E-state index in [1.165, 1.54) is 71.9 Å². The van der Waals surface area contributed by atoms with Gasteiger partial charge in [0.1, 0.15) is 11.2 Å². The highest BCUT2D eigenvalue weighted by Gasteiger charge is 2.25. The van der Waals surface area contributed by atoms with Gasteiger partial charge >= 0.3 is 0 Å². The molecule has 0 saturated carbocycles. The van der Waals surface area contributed by atoms with E-state index in [4.69, 9.17) is 4.42 Å². The third kappa shape index (κ3) is 5.23. The molecule has 0 bridgehead atoms. The van der Waals surface area contributed by atoms with Crippen LogP contribution < -0.4 is 0 Å². The first-order valence-electron chi connectivity index (χ1n) is 21.3. The van der Waals surface area contributed by atoms with Gasteiger partial charge < -0.3 is 8.98 Å². The Morgan fingerprint density at radius 2 is 0.774 bits per heavy atom. The molecule has 2 heterocycles. The zero-order chi connectivity index (χ0) is 40.7. The van der Waals surface area contributed by atoms with Crippen LogP contribution in [0.3, 0.4) is 0 Å². The Hall–Kier alpha value is -8.20. The lowest BCUT2D eigenvalue weighted by Gasteiger charge is -2.25. The van der Waals surface area contributed by atoms with Gasteiger partial charge in [-0.2, -0.15) is 0 Å². The first-order chi connectivity index (χ1) is 30.8. The molecule has 1 aliphatic carbocycles. The summed E-state index contributed by atoms with van der Waals surface area (Å²) in [6, 6.07) is 82.0. The molecule has 0 fully saturated rings. The van der Waals surface area contributed by atoms with E-state index in [0.29, 0.717) is 0 Å². The predicted molar refractivity (Wildman–Crippen MR) is 260 cm³/mol. The fourth-order valence-electron chi connectivity index (χ4n) is 10.2. The second kappa shape index (κ2) is 13.7. The number of benzene rings is 10. The number of fused-ring (bicyclic) bond motifs is 14. The normalized spacial score (nSPS) is 11.9. The quantitative estimate of drug-likeness (QED) is 0.174. The van der Waals surface area contributed by atoms with Crippen LogP contribution in [-0.4, -0.2) is 4.57 Å². The number of aromatic nitrogens is 1. The van der Waals surface area contributed by atoms with Gasteiger partial charge in [-0.25, -0.2) is 0 Å². The minimum absolute atomic E-state index is 0.895. The van der Waals surface area contributed by atoms with Gasteiger partial charge in [-0.3, -0.25) is 0 Å². The van der Waals surface area contributed by atoms with Crippen LogP contribution in [0, 0.1) is 0 Å². The summed E-state index contributed by atoms with van der Waals surface area (Å²) in [7, 11) is 0. The minimum Gasteiger partial charge on any atom is -0.455 e. The first kappa shape index (κ1) is 34.6. The minimum atomic E-state index is 0.895. The summed E-state index contributed by atoms with van der Waals surface area (Å²) in [5.41, 5.74) is 22.0. The van der Waals surface area contributed by atoms with Crippen LogP contribution in [0.5, 0.6) is 0 Å². The van der Waals surface area contributed by atoms with E-state index in [0.717, 1.165) is 55.4 Å². The average molecular weight is 788 g/mol. The highest BCUT2D eigenvalue weighted by Crippen LogP contribution is 2.51. The van der Waals surface area contributed by atoms with Crippen molar-refractivity contribution < 1.29 is 4.42 Å². The Labute approximate surface area is 359 Å². The third-order valence-electron chi connectivity index (χ3n) is 13.0. The maximum Gasteiger partial charge on any atom is 0.143 e. The Kier molecular flexibility index (Phi) is 7.64. The van der Waals surface area contributed by atoms with E-state index in [9.17, 15) is 0 Å². The summed E-state index contributed by atoms with van der Waals surface area (Å²) in [5, 5.41) is 4.70. The molecule has 0 atom stereocenters. The topological polar surface area (TPSA) is 18.1 Å². The van der Waals surface area contributed by atoms with Gasteiger partial charge in [0.15, 0.2) is 0 Å². The smallest absolute Gasteiger partial charge is 0.143 e. The van der Waals surface area contributed by atoms with Crippen molar-refractivity contribution in [1.29, 1.82) is 0 Å². The van der Waals surface area contributed by atoms with Gasteiger partial charge in [0.2, 0.25) is 0 Å². The molecular weight excluding hydrogens is 751 g/mol. The molecule has 288 valence electrons. The van der Waals surface area contributed by atoms with Crippen molar-refractivity contribution >= 4 is 43.7 Å². The lowest BCUT2D eigenvalue weighted by atomic mass is 9.78. The molecule has 2 aromatic heterocycles. The van der Waals surface area contributed by atoms with Crippen molar-refractivity contribution in [3.8, 4) is 83.6 Å². The monoisotopic (exact) mass is 787 g/mol. The number of hydrogen-bond acceptors (Lipinski definition) is 1. The van der Waals surface area contributed by atoms with E-state index in [1.807, 2.05) is 6.07 Å². The molecule has 13 rings (SSSR count). The summed E-state index contributed by atoms with van der Waals surface area (Å²) in [5.74, 6) is 0. The lowest BCUT2D eigenvalue weighted by Crippen LogP contribution is -1.99. The second-order valence-corrected chi connectivity index (χ2v) is 16.4. The molecule has 0 saturated heterocycles. The van der Waals surface area contributed by atoms with Gasteiger partial charge in [-0.15, -0.1) is 0 Å². The van der Waals surface area contributed by atoms with Crippen LogP contribution in [0.1, 0.15) is 0 Å². The van der Waals surface area contributed by atoms with Crippen LogP contribution in [0.4, 0.5) is 0 Å². The maximum absolute atomic E-state index is 6.72. The van der Waals surface area contributed by atoms with Crippen LogP contribution in [0.2, 0.25) is 0 Å². The zero-order valence-corrected chi connectivity index (χ0v) is 33.7. The molecule has 62 heavy (non-hydrogen) atoms. The molecule has 0 unspecified atom stereocenters. The second-order valence-electron chi connectivity index (χ2n) is 16.4. The van der Waals surface area contributed by atoms with E-state index in [2.05, 4.69) is 223 Å². The van der Waals surface area contributed by atoms with Crippen molar-refractivity contribution in [2.24, 2.45) is 0 Å². The largest absolute Gasteiger partial charge is 0.455 e. The Bertz CT molecular complexity index is 3750. The summed E-state index contributed by atoms with van der Waals surface area (Å²) in [6.07, 6.45) is 0.